The number of amides is 1. The summed E-state index contributed by atoms with van der Waals surface area (Å²) >= 11 is 0. The smallest absolute Gasteiger partial charge is 0.246 e. The first-order chi connectivity index (χ1) is 6.59. The molecule has 0 spiro atoms. The summed E-state index contributed by atoms with van der Waals surface area (Å²) in [4.78, 5) is 11.6. The highest BCUT2D eigenvalue weighted by atomic mass is 16.6. The third kappa shape index (κ3) is 1.61. The Bertz CT molecular complexity index is 257. The second-order valence-electron chi connectivity index (χ2n) is 3.43. The molecule has 4 heteroatoms. The molecule has 1 aliphatic rings. The summed E-state index contributed by atoms with van der Waals surface area (Å²) in [6.45, 7) is 7.63. The Morgan fingerprint density at radius 3 is 2.43 bits per heavy atom. The fourth-order valence-electron chi connectivity index (χ4n) is 1.70. The molecule has 0 aliphatic carbocycles. The molecule has 1 heterocycles. The summed E-state index contributed by atoms with van der Waals surface area (Å²) in [7, 11) is 0. The highest BCUT2D eigenvalue weighted by Gasteiger charge is 2.43. The van der Waals surface area contributed by atoms with Gasteiger partial charge in [-0.2, -0.15) is 5.01 Å². The van der Waals surface area contributed by atoms with Crippen LogP contribution in [0.25, 0.3) is 0 Å². The largest absolute Gasteiger partial charge is 0.452 e. The van der Waals surface area contributed by atoms with E-state index >= 15 is 0 Å². The molecule has 0 aromatic heterocycles. The molecule has 0 unspecified atom stereocenters. The molecule has 0 saturated carbocycles. The lowest BCUT2D eigenvalue weighted by Crippen LogP contribution is -2.46. The van der Waals surface area contributed by atoms with Crippen LogP contribution in [0.15, 0.2) is 5.10 Å². The van der Waals surface area contributed by atoms with Gasteiger partial charge in [0.2, 0.25) is 17.5 Å². The molecule has 0 aromatic carbocycles. The topological polar surface area (TPSA) is 41.9 Å². The maximum atomic E-state index is 11.6. The van der Waals surface area contributed by atoms with Crippen molar-refractivity contribution in [2.75, 3.05) is 0 Å². The van der Waals surface area contributed by atoms with Crippen LogP contribution in [0.2, 0.25) is 0 Å². The summed E-state index contributed by atoms with van der Waals surface area (Å²) in [5.41, 5.74) is -0.531. The average molecular weight is 198 g/mol. The van der Waals surface area contributed by atoms with Crippen molar-refractivity contribution in [3.05, 3.63) is 0 Å². The number of hydrogen-bond acceptors (Lipinski definition) is 3. The van der Waals surface area contributed by atoms with Crippen LogP contribution in [-0.4, -0.2) is 22.5 Å². The van der Waals surface area contributed by atoms with Crippen molar-refractivity contribution in [2.24, 2.45) is 5.10 Å². The Morgan fingerprint density at radius 2 is 2.00 bits per heavy atom. The molecule has 1 amide bonds. The third-order valence-corrected chi connectivity index (χ3v) is 2.61. The van der Waals surface area contributed by atoms with Gasteiger partial charge in [-0.05, 0) is 0 Å². The van der Waals surface area contributed by atoms with E-state index in [2.05, 4.69) is 5.10 Å². The highest BCUT2D eigenvalue weighted by Crippen LogP contribution is 2.31. The van der Waals surface area contributed by atoms with Gasteiger partial charge in [0.25, 0.3) is 0 Å². The van der Waals surface area contributed by atoms with Gasteiger partial charge >= 0.3 is 0 Å². The Morgan fingerprint density at radius 1 is 1.43 bits per heavy atom. The van der Waals surface area contributed by atoms with Crippen molar-refractivity contribution in [2.45, 2.75) is 52.7 Å². The lowest BCUT2D eigenvalue weighted by atomic mass is 10.1. The summed E-state index contributed by atoms with van der Waals surface area (Å²) in [5, 5.41) is 5.64. The number of hydrazone groups is 1. The van der Waals surface area contributed by atoms with Crippen molar-refractivity contribution in [3.63, 3.8) is 0 Å². The molecule has 0 N–H and O–H groups in total. The van der Waals surface area contributed by atoms with E-state index in [4.69, 9.17) is 4.74 Å². The molecular weight excluding hydrogens is 180 g/mol. The molecule has 0 bridgehead atoms. The van der Waals surface area contributed by atoms with Gasteiger partial charge in [0.15, 0.2) is 0 Å². The number of nitrogens with zero attached hydrogens (tertiary/aromatic N) is 2. The minimum absolute atomic E-state index is 0.0190. The second kappa shape index (κ2) is 3.98. The Kier molecular flexibility index (Phi) is 3.13. The molecule has 0 atom stereocenters. The van der Waals surface area contributed by atoms with Crippen molar-refractivity contribution >= 4 is 11.8 Å². The zero-order chi connectivity index (χ0) is 10.8. The standard InChI is InChI=1S/C10H18N2O2/c1-5-9(13)12-10(6-2,7-3)14-8(4)11-12/h5-7H2,1-4H3. The van der Waals surface area contributed by atoms with E-state index in [9.17, 15) is 4.79 Å². The predicted octanol–water partition coefficient (Wildman–Crippen LogP) is 2.10. The first-order valence-electron chi connectivity index (χ1n) is 5.17. The van der Waals surface area contributed by atoms with E-state index in [1.54, 1.807) is 6.92 Å². The minimum atomic E-state index is -0.531. The van der Waals surface area contributed by atoms with E-state index in [0.717, 1.165) is 12.8 Å². The summed E-state index contributed by atoms with van der Waals surface area (Å²) in [5.74, 6) is 0.598. The maximum Gasteiger partial charge on any atom is 0.246 e. The fraction of sp³-hybridized carbons (Fsp3) is 0.800. The zero-order valence-corrected chi connectivity index (χ0v) is 9.33. The quantitative estimate of drug-likeness (QED) is 0.697. The van der Waals surface area contributed by atoms with Crippen molar-refractivity contribution < 1.29 is 9.53 Å². The Balaban J connectivity index is 2.93. The van der Waals surface area contributed by atoms with Gasteiger partial charge in [-0.3, -0.25) is 4.79 Å². The van der Waals surface area contributed by atoms with Crippen LogP contribution < -0.4 is 0 Å². The first kappa shape index (κ1) is 11.0. The molecule has 1 aliphatic heterocycles. The molecule has 80 valence electrons. The molecule has 0 fully saturated rings. The van der Waals surface area contributed by atoms with E-state index < -0.39 is 5.72 Å². The van der Waals surface area contributed by atoms with Gasteiger partial charge in [-0.1, -0.05) is 20.8 Å². The lowest BCUT2D eigenvalue weighted by Gasteiger charge is -2.32. The summed E-state index contributed by atoms with van der Waals surface area (Å²) in [6.07, 6.45) is 1.98. The van der Waals surface area contributed by atoms with Gasteiger partial charge in [0.05, 0.1) is 0 Å². The van der Waals surface area contributed by atoms with Gasteiger partial charge in [-0.25, -0.2) is 0 Å². The van der Waals surface area contributed by atoms with Crippen LogP contribution in [0.5, 0.6) is 0 Å². The molecular formula is C10H18N2O2. The third-order valence-electron chi connectivity index (χ3n) is 2.61. The van der Waals surface area contributed by atoms with E-state index in [0.29, 0.717) is 12.3 Å². The number of carbonyl (C=O) groups is 1. The molecule has 0 aromatic rings. The Hall–Kier alpha value is -1.06. The van der Waals surface area contributed by atoms with Gasteiger partial charge in [-0.15, -0.1) is 5.10 Å². The summed E-state index contributed by atoms with van der Waals surface area (Å²) < 4.78 is 5.64. The molecule has 1 rings (SSSR count). The normalized spacial score (nSPS) is 19.1. The van der Waals surface area contributed by atoms with Crippen molar-refractivity contribution in [1.29, 1.82) is 0 Å². The van der Waals surface area contributed by atoms with Gasteiger partial charge in [0, 0.05) is 26.2 Å². The highest BCUT2D eigenvalue weighted by molar-refractivity contribution is 5.82. The molecule has 14 heavy (non-hydrogen) atoms. The lowest BCUT2D eigenvalue weighted by molar-refractivity contribution is -0.150. The van der Waals surface area contributed by atoms with Crippen LogP contribution in [-0.2, 0) is 9.53 Å². The Labute approximate surface area is 84.9 Å². The van der Waals surface area contributed by atoms with Gasteiger partial charge < -0.3 is 4.74 Å². The molecule has 0 radical (unpaired) electrons. The maximum absolute atomic E-state index is 11.6. The molecule has 4 nitrogen and oxygen atoms in total. The van der Waals surface area contributed by atoms with Crippen LogP contribution >= 0.6 is 0 Å². The van der Waals surface area contributed by atoms with Crippen LogP contribution in [0, 0.1) is 0 Å². The SMILES string of the molecule is CCC(=O)N1N=C(C)OC1(CC)CC. The second-order valence-corrected chi connectivity index (χ2v) is 3.43. The predicted molar refractivity (Wildman–Crippen MR) is 54.6 cm³/mol. The minimum Gasteiger partial charge on any atom is -0.452 e. The van der Waals surface area contributed by atoms with Crippen LogP contribution in [0.1, 0.15) is 47.0 Å². The number of ether oxygens (including phenoxy) is 1. The van der Waals surface area contributed by atoms with Gasteiger partial charge in [0.1, 0.15) is 0 Å². The monoisotopic (exact) mass is 198 g/mol. The first-order valence-corrected chi connectivity index (χ1v) is 5.17. The number of hydrogen-bond donors (Lipinski definition) is 0. The van der Waals surface area contributed by atoms with Crippen molar-refractivity contribution in [1.82, 2.24) is 5.01 Å². The zero-order valence-electron chi connectivity index (χ0n) is 9.33. The van der Waals surface area contributed by atoms with E-state index in [-0.39, 0.29) is 5.91 Å². The fourth-order valence-corrected chi connectivity index (χ4v) is 1.70. The van der Waals surface area contributed by atoms with Crippen molar-refractivity contribution in [3.8, 4) is 0 Å². The van der Waals surface area contributed by atoms with Crippen LogP contribution in [0.4, 0.5) is 0 Å². The van der Waals surface area contributed by atoms with E-state index in [1.165, 1.54) is 5.01 Å². The average Bonchev–Trinajstić information content (AvgIpc) is 2.55. The summed E-state index contributed by atoms with van der Waals surface area (Å²) in [6, 6.07) is 0. The number of carbonyl (C=O) groups excluding carboxylic acids is 1. The van der Waals surface area contributed by atoms with E-state index in [1.807, 2.05) is 20.8 Å². The molecule has 0 saturated heterocycles. The number of rotatable bonds is 3. The van der Waals surface area contributed by atoms with Crippen LogP contribution in [0.3, 0.4) is 0 Å².